The molecule has 2 aliphatic rings. The lowest BCUT2D eigenvalue weighted by atomic mass is 9.85. The molecule has 3 atom stereocenters. The van der Waals surface area contributed by atoms with E-state index in [4.69, 9.17) is 0 Å². The molecule has 0 aromatic rings. The summed E-state index contributed by atoms with van der Waals surface area (Å²) in [5.74, 6) is 2.99. The van der Waals surface area contributed by atoms with Gasteiger partial charge in [0.1, 0.15) is 0 Å². The van der Waals surface area contributed by atoms with E-state index in [0.717, 1.165) is 23.8 Å². The molecule has 0 aromatic carbocycles. The number of hydrogen-bond donors (Lipinski definition) is 0. The van der Waals surface area contributed by atoms with Gasteiger partial charge in [-0.2, -0.15) is 0 Å². The number of piperidine rings is 1. The van der Waals surface area contributed by atoms with Crippen molar-refractivity contribution >= 4 is 0 Å². The van der Waals surface area contributed by atoms with Gasteiger partial charge in [0.25, 0.3) is 0 Å². The molecule has 1 nitrogen and oxygen atoms in total. The van der Waals surface area contributed by atoms with Gasteiger partial charge in [0.15, 0.2) is 0 Å². The van der Waals surface area contributed by atoms with Crippen LogP contribution in [0.15, 0.2) is 0 Å². The van der Waals surface area contributed by atoms with Crippen LogP contribution in [0, 0.1) is 17.8 Å². The van der Waals surface area contributed by atoms with Crippen molar-refractivity contribution in [3.05, 3.63) is 0 Å². The number of hydrogen-bond acceptors (Lipinski definition) is 1. The van der Waals surface area contributed by atoms with Gasteiger partial charge in [-0.05, 0) is 37.6 Å². The molecule has 1 saturated heterocycles. The third-order valence-electron chi connectivity index (χ3n) is 3.73. The third kappa shape index (κ3) is 1.10. The Hall–Kier alpha value is -0.0400. The van der Waals surface area contributed by atoms with Crippen molar-refractivity contribution in [2.24, 2.45) is 17.8 Å². The Morgan fingerprint density at radius 3 is 2.36 bits per heavy atom. The average molecular weight is 153 g/mol. The minimum atomic E-state index is 0.915. The first-order valence-electron chi connectivity index (χ1n) is 4.88. The zero-order valence-electron chi connectivity index (χ0n) is 7.88. The van der Waals surface area contributed by atoms with Gasteiger partial charge in [0, 0.05) is 12.6 Å². The summed E-state index contributed by atoms with van der Waals surface area (Å²) in [6.45, 7) is 6.13. The predicted octanol–water partition coefficient (Wildman–Crippen LogP) is 1.98. The van der Waals surface area contributed by atoms with Crippen molar-refractivity contribution in [1.82, 2.24) is 4.90 Å². The van der Waals surface area contributed by atoms with Crippen LogP contribution in [0.5, 0.6) is 0 Å². The van der Waals surface area contributed by atoms with E-state index >= 15 is 0 Å². The van der Waals surface area contributed by atoms with Gasteiger partial charge in [0.05, 0.1) is 0 Å². The molecule has 1 unspecified atom stereocenters. The molecule has 0 amide bonds. The lowest BCUT2D eigenvalue weighted by Crippen LogP contribution is -2.33. The van der Waals surface area contributed by atoms with Gasteiger partial charge < -0.3 is 4.90 Å². The number of nitrogens with zero attached hydrogens (tertiary/aromatic N) is 1. The van der Waals surface area contributed by atoms with Crippen LogP contribution < -0.4 is 0 Å². The Labute approximate surface area is 69.8 Å². The quantitative estimate of drug-likeness (QED) is 0.557. The predicted molar refractivity (Wildman–Crippen MR) is 47.5 cm³/mol. The number of rotatable bonds is 1. The maximum Gasteiger partial charge on any atom is 0.00983 e. The van der Waals surface area contributed by atoms with E-state index in [1.807, 2.05) is 0 Å². The molecule has 1 heterocycles. The van der Waals surface area contributed by atoms with Crippen molar-refractivity contribution in [3.63, 3.8) is 0 Å². The van der Waals surface area contributed by atoms with Crippen LogP contribution in [0.25, 0.3) is 0 Å². The van der Waals surface area contributed by atoms with E-state index in [2.05, 4.69) is 25.8 Å². The Kier molecular flexibility index (Phi) is 1.71. The topological polar surface area (TPSA) is 3.24 Å². The molecule has 0 radical (unpaired) electrons. The lowest BCUT2D eigenvalue weighted by molar-refractivity contribution is 0.175. The fraction of sp³-hybridized carbons (Fsp3) is 1.00. The second kappa shape index (κ2) is 2.48. The number of likely N-dealkylation sites (tertiary alicyclic amines) is 1. The zero-order valence-corrected chi connectivity index (χ0v) is 7.88. The van der Waals surface area contributed by atoms with Crippen LogP contribution >= 0.6 is 0 Å². The average Bonchev–Trinajstić information content (AvgIpc) is 2.43. The normalized spacial score (nSPS) is 44.2. The van der Waals surface area contributed by atoms with Crippen molar-refractivity contribution < 1.29 is 0 Å². The van der Waals surface area contributed by atoms with E-state index in [9.17, 15) is 0 Å². The van der Waals surface area contributed by atoms with Crippen LogP contribution in [0.3, 0.4) is 0 Å². The fourth-order valence-electron chi connectivity index (χ4n) is 3.03. The Morgan fingerprint density at radius 2 is 2.00 bits per heavy atom. The Morgan fingerprint density at radius 1 is 1.27 bits per heavy atom. The summed E-state index contributed by atoms with van der Waals surface area (Å²) in [4.78, 5) is 2.55. The molecule has 64 valence electrons. The Balaban J connectivity index is 2.02. The first kappa shape index (κ1) is 7.60. The minimum absolute atomic E-state index is 0.915. The highest BCUT2D eigenvalue weighted by atomic mass is 15.2. The molecule has 0 spiro atoms. The van der Waals surface area contributed by atoms with E-state index in [-0.39, 0.29) is 0 Å². The SMILES string of the molecule is CC(C)C1C[C@H]2C[C@@H]1CN2C. The van der Waals surface area contributed by atoms with Crippen molar-refractivity contribution in [1.29, 1.82) is 0 Å². The standard InChI is InChI=1S/C10H19N/c1-7(2)10-5-9-4-8(10)6-11(9)3/h7-10H,4-6H2,1-3H3/t8-,9-,10?/m1/s1. The monoisotopic (exact) mass is 153 g/mol. The van der Waals surface area contributed by atoms with Gasteiger partial charge >= 0.3 is 0 Å². The summed E-state index contributed by atoms with van der Waals surface area (Å²) in [5, 5.41) is 0. The van der Waals surface area contributed by atoms with Gasteiger partial charge in [-0.25, -0.2) is 0 Å². The molecular formula is C10H19N. The molecule has 11 heavy (non-hydrogen) atoms. The summed E-state index contributed by atoms with van der Waals surface area (Å²) in [6, 6.07) is 0.937. The summed E-state index contributed by atoms with van der Waals surface area (Å²) in [7, 11) is 2.28. The lowest BCUT2D eigenvalue weighted by Gasteiger charge is -2.30. The molecule has 0 N–H and O–H groups in total. The first-order valence-corrected chi connectivity index (χ1v) is 4.88. The third-order valence-corrected chi connectivity index (χ3v) is 3.73. The van der Waals surface area contributed by atoms with E-state index in [1.165, 1.54) is 19.4 Å². The second-order valence-electron chi connectivity index (χ2n) is 4.73. The van der Waals surface area contributed by atoms with Gasteiger partial charge in [-0.1, -0.05) is 13.8 Å². The minimum Gasteiger partial charge on any atom is -0.303 e. The van der Waals surface area contributed by atoms with Gasteiger partial charge in [0.2, 0.25) is 0 Å². The molecule has 2 bridgehead atoms. The van der Waals surface area contributed by atoms with Crippen molar-refractivity contribution in [2.45, 2.75) is 32.7 Å². The Bertz CT molecular complexity index is 151. The second-order valence-corrected chi connectivity index (χ2v) is 4.73. The molecule has 2 fully saturated rings. The summed E-state index contributed by atoms with van der Waals surface area (Å²) in [5.41, 5.74) is 0. The molecular weight excluding hydrogens is 134 g/mol. The molecule has 1 saturated carbocycles. The van der Waals surface area contributed by atoms with E-state index in [0.29, 0.717) is 0 Å². The van der Waals surface area contributed by atoms with Crippen LogP contribution in [-0.4, -0.2) is 24.5 Å². The van der Waals surface area contributed by atoms with Gasteiger partial charge in [-0.15, -0.1) is 0 Å². The van der Waals surface area contributed by atoms with Crippen molar-refractivity contribution in [3.8, 4) is 0 Å². The smallest absolute Gasteiger partial charge is 0.00983 e. The summed E-state index contributed by atoms with van der Waals surface area (Å²) >= 11 is 0. The summed E-state index contributed by atoms with van der Waals surface area (Å²) < 4.78 is 0. The van der Waals surface area contributed by atoms with E-state index < -0.39 is 0 Å². The molecule has 1 aliphatic heterocycles. The highest BCUT2D eigenvalue weighted by molar-refractivity contribution is 4.96. The van der Waals surface area contributed by atoms with Crippen molar-refractivity contribution in [2.75, 3.05) is 13.6 Å². The number of fused-ring (bicyclic) bond motifs is 2. The van der Waals surface area contributed by atoms with Crippen LogP contribution in [0.4, 0.5) is 0 Å². The largest absolute Gasteiger partial charge is 0.303 e. The summed E-state index contributed by atoms with van der Waals surface area (Å²) in [6.07, 6.45) is 2.96. The highest BCUT2D eigenvalue weighted by Crippen LogP contribution is 2.44. The molecule has 1 heteroatoms. The molecule has 0 aromatic heterocycles. The molecule has 1 aliphatic carbocycles. The molecule has 2 rings (SSSR count). The maximum absolute atomic E-state index is 2.55. The fourth-order valence-corrected chi connectivity index (χ4v) is 3.03. The van der Waals surface area contributed by atoms with Crippen LogP contribution in [-0.2, 0) is 0 Å². The zero-order chi connectivity index (χ0) is 8.01. The van der Waals surface area contributed by atoms with E-state index in [1.54, 1.807) is 0 Å². The first-order chi connectivity index (χ1) is 5.18. The highest BCUT2D eigenvalue weighted by Gasteiger charge is 2.43. The maximum atomic E-state index is 2.55. The van der Waals surface area contributed by atoms with Crippen LogP contribution in [0.2, 0.25) is 0 Å². The van der Waals surface area contributed by atoms with Gasteiger partial charge in [-0.3, -0.25) is 0 Å². The van der Waals surface area contributed by atoms with Crippen LogP contribution in [0.1, 0.15) is 26.7 Å².